The van der Waals surface area contributed by atoms with Gasteiger partial charge in [0.05, 0.1) is 0 Å². The Kier molecular flexibility index (Phi) is 5.65. The summed E-state index contributed by atoms with van der Waals surface area (Å²) in [7, 11) is 0. The lowest BCUT2D eigenvalue weighted by atomic mass is 10.1. The second-order valence-corrected chi connectivity index (χ2v) is 6.09. The van der Waals surface area contributed by atoms with Crippen molar-refractivity contribution < 1.29 is 18.7 Å². The topological polar surface area (TPSA) is 97.3 Å². The van der Waals surface area contributed by atoms with Crippen LogP contribution in [0.25, 0.3) is 5.88 Å². The van der Waals surface area contributed by atoms with Gasteiger partial charge in [0.25, 0.3) is 5.91 Å². The van der Waals surface area contributed by atoms with E-state index in [0.717, 1.165) is 0 Å². The lowest BCUT2D eigenvalue weighted by Gasteiger charge is -2.17. The predicted molar refractivity (Wildman–Crippen MR) is 90.2 cm³/mol. The van der Waals surface area contributed by atoms with Crippen LogP contribution in [0.3, 0.4) is 0 Å². The first-order valence-electron chi connectivity index (χ1n) is 7.98. The molecule has 2 heterocycles. The number of ether oxygens (including phenoxy) is 1. The zero-order valence-corrected chi connectivity index (χ0v) is 14.7. The minimum Gasteiger partial charge on any atom is -0.452 e. The zero-order valence-electron chi connectivity index (χ0n) is 14.7. The van der Waals surface area contributed by atoms with Gasteiger partial charge in [-0.25, -0.2) is 4.79 Å². The van der Waals surface area contributed by atoms with Gasteiger partial charge in [-0.2, -0.15) is 5.26 Å². The highest BCUT2D eigenvalue weighted by Crippen LogP contribution is 2.26. The number of hydrogen-bond acceptors (Lipinski definition) is 5. The third-order valence-electron chi connectivity index (χ3n) is 3.94. The Morgan fingerprint density at radius 1 is 1.32 bits per heavy atom. The molecule has 1 amide bonds. The molecule has 1 N–H and O–H groups in total. The van der Waals surface area contributed by atoms with Crippen molar-refractivity contribution in [2.45, 2.75) is 33.7 Å². The van der Waals surface area contributed by atoms with Crippen LogP contribution < -0.4 is 5.32 Å². The molecule has 0 saturated heterocycles. The number of hydrogen-bond donors (Lipinski definition) is 1. The van der Waals surface area contributed by atoms with Crippen LogP contribution in [-0.2, 0) is 9.53 Å². The van der Waals surface area contributed by atoms with Crippen LogP contribution in [0.2, 0.25) is 0 Å². The van der Waals surface area contributed by atoms with E-state index >= 15 is 0 Å². The van der Waals surface area contributed by atoms with E-state index in [4.69, 9.17) is 9.15 Å². The first-order chi connectivity index (χ1) is 11.8. The molecule has 132 valence electrons. The van der Waals surface area contributed by atoms with Crippen LogP contribution in [0.5, 0.6) is 0 Å². The van der Waals surface area contributed by atoms with Gasteiger partial charge in [0, 0.05) is 18.4 Å². The number of carbonyl (C=O) groups is 2. The van der Waals surface area contributed by atoms with Gasteiger partial charge < -0.3 is 14.5 Å². The van der Waals surface area contributed by atoms with Gasteiger partial charge >= 0.3 is 5.97 Å². The molecule has 7 heteroatoms. The highest BCUT2D eigenvalue weighted by atomic mass is 16.5. The molecule has 0 aliphatic heterocycles. The van der Waals surface area contributed by atoms with Crippen LogP contribution in [0.4, 0.5) is 0 Å². The van der Waals surface area contributed by atoms with E-state index < -0.39 is 12.6 Å². The van der Waals surface area contributed by atoms with E-state index in [2.05, 4.69) is 5.32 Å². The fourth-order valence-electron chi connectivity index (χ4n) is 2.20. The SMILES string of the molecule is Cc1oc(-n2cccc2)c(C#N)c1C(=O)OCC(=O)N[C@@H](C)C(C)C. The molecule has 0 aliphatic rings. The Balaban J connectivity index is 2.12. The van der Waals surface area contributed by atoms with E-state index in [1.165, 1.54) is 0 Å². The molecule has 25 heavy (non-hydrogen) atoms. The van der Waals surface area contributed by atoms with Crippen LogP contribution in [0, 0.1) is 24.2 Å². The Morgan fingerprint density at radius 3 is 2.52 bits per heavy atom. The quantitative estimate of drug-likeness (QED) is 0.813. The lowest BCUT2D eigenvalue weighted by molar-refractivity contribution is -0.125. The summed E-state index contributed by atoms with van der Waals surface area (Å²) in [6, 6.07) is 5.49. The first-order valence-corrected chi connectivity index (χ1v) is 7.98. The third kappa shape index (κ3) is 4.10. The maximum absolute atomic E-state index is 12.3. The van der Waals surface area contributed by atoms with Gasteiger partial charge in [0.15, 0.2) is 6.61 Å². The fourth-order valence-corrected chi connectivity index (χ4v) is 2.20. The normalized spacial score (nSPS) is 11.8. The molecule has 0 bridgehead atoms. The monoisotopic (exact) mass is 343 g/mol. The molecule has 0 saturated carbocycles. The van der Waals surface area contributed by atoms with Crippen LogP contribution >= 0.6 is 0 Å². The molecule has 0 fully saturated rings. The molecule has 2 aromatic rings. The van der Waals surface area contributed by atoms with Crippen LogP contribution in [0.1, 0.15) is 42.5 Å². The highest BCUT2D eigenvalue weighted by molar-refractivity contribution is 5.95. The predicted octanol–water partition coefficient (Wildman–Crippen LogP) is 2.57. The van der Waals surface area contributed by atoms with Crippen molar-refractivity contribution in [1.29, 1.82) is 5.26 Å². The number of aromatic nitrogens is 1. The minimum absolute atomic E-state index is 0.0307. The number of esters is 1. The second kappa shape index (κ2) is 7.71. The number of furan rings is 1. The average molecular weight is 343 g/mol. The summed E-state index contributed by atoms with van der Waals surface area (Å²) in [4.78, 5) is 24.2. The van der Waals surface area contributed by atoms with Crippen molar-refractivity contribution in [1.82, 2.24) is 9.88 Å². The number of rotatable bonds is 6. The maximum atomic E-state index is 12.3. The van der Waals surface area contributed by atoms with Gasteiger partial charge in [-0.3, -0.25) is 9.36 Å². The van der Waals surface area contributed by atoms with E-state index in [0.29, 0.717) is 0 Å². The van der Waals surface area contributed by atoms with Gasteiger partial charge in [-0.05, 0) is 31.9 Å². The van der Waals surface area contributed by atoms with Gasteiger partial charge in [0.1, 0.15) is 23.0 Å². The molecule has 0 aromatic carbocycles. The number of nitriles is 1. The van der Waals surface area contributed by atoms with Crippen LogP contribution in [0.15, 0.2) is 28.9 Å². The van der Waals surface area contributed by atoms with E-state index in [-0.39, 0.29) is 40.6 Å². The lowest BCUT2D eigenvalue weighted by Crippen LogP contribution is -2.38. The molecule has 0 aliphatic carbocycles. The summed E-state index contributed by atoms with van der Waals surface area (Å²) in [6.07, 6.45) is 3.41. The summed E-state index contributed by atoms with van der Waals surface area (Å²) in [5.41, 5.74) is 0.116. The largest absolute Gasteiger partial charge is 0.452 e. The minimum atomic E-state index is -0.761. The molecule has 0 spiro atoms. The standard InChI is InChI=1S/C18H21N3O4/c1-11(2)12(3)20-15(22)10-24-18(23)16-13(4)25-17(14(16)9-19)21-7-5-6-8-21/h5-8,11-12H,10H2,1-4H3,(H,20,22)/t12-/m0/s1. The molecular weight excluding hydrogens is 322 g/mol. The highest BCUT2D eigenvalue weighted by Gasteiger charge is 2.26. The average Bonchev–Trinajstić information content (AvgIpc) is 3.19. The summed E-state index contributed by atoms with van der Waals surface area (Å²) in [5.74, 6) is -0.371. The smallest absolute Gasteiger partial charge is 0.343 e. The van der Waals surface area contributed by atoms with Crippen molar-refractivity contribution in [2.75, 3.05) is 6.61 Å². The Labute approximate surface area is 146 Å². The number of carbonyl (C=O) groups excluding carboxylic acids is 2. The molecule has 0 unspecified atom stereocenters. The van der Waals surface area contributed by atoms with E-state index in [1.807, 2.05) is 26.8 Å². The van der Waals surface area contributed by atoms with Crippen molar-refractivity contribution in [3.63, 3.8) is 0 Å². The van der Waals surface area contributed by atoms with Crippen LogP contribution in [-0.4, -0.2) is 29.1 Å². The van der Waals surface area contributed by atoms with Gasteiger partial charge in [-0.1, -0.05) is 13.8 Å². The molecular formula is C18H21N3O4. The number of nitrogens with one attached hydrogen (secondary N) is 1. The van der Waals surface area contributed by atoms with Crippen molar-refractivity contribution >= 4 is 11.9 Å². The molecule has 2 rings (SSSR count). The number of nitrogens with zero attached hydrogens (tertiary/aromatic N) is 2. The number of aryl methyl sites for hydroxylation is 1. The first kappa shape index (κ1) is 18.3. The maximum Gasteiger partial charge on any atom is 0.343 e. The Morgan fingerprint density at radius 2 is 1.96 bits per heavy atom. The van der Waals surface area contributed by atoms with E-state index in [1.54, 1.807) is 36.0 Å². The third-order valence-corrected chi connectivity index (χ3v) is 3.94. The van der Waals surface area contributed by atoms with E-state index in [9.17, 15) is 14.9 Å². The number of amides is 1. The molecule has 2 aromatic heterocycles. The van der Waals surface area contributed by atoms with Crippen molar-refractivity contribution in [2.24, 2.45) is 5.92 Å². The zero-order chi connectivity index (χ0) is 18.6. The van der Waals surface area contributed by atoms with Crippen molar-refractivity contribution in [3.05, 3.63) is 41.4 Å². The Hall–Kier alpha value is -3.01. The summed E-state index contributed by atoms with van der Waals surface area (Å²) < 4.78 is 12.2. The molecule has 0 radical (unpaired) electrons. The summed E-state index contributed by atoms with van der Waals surface area (Å²) in [6.45, 7) is 7.00. The van der Waals surface area contributed by atoms with Crippen molar-refractivity contribution in [3.8, 4) is 12.0 Å². The van der Waals surface area contributed by atoms with Gasteiger partial charge in [-0.15, -0.1) is 0 Å². The fraction of sp³-hybridized carbons (Fsp3) is 0.389. The summed E-state index contributed by atoms with van der Waals surface area (Å²) >= 11 is 0. The second-order valence-electron chi connectivity index (χ2n) is 6.09. The Bertz CT molecular complexity index is 797. The molecule has 7 nitrogen and oxygen atoms in total. The summed E-state index contributed by atoms with van der Waals surface area (Å²) in [5, 5.41) is 12.2. The molecule has 1 atom stereocenters. The van der Waals surface area contributed by atoms with Gasteiger partial charge in [0.2, 0.25) is 5.88 Å².